The summed E-state index contributed by atoms with van der Waals surface area (Å²) in [5.74, 6) is 2.27. The molecule has 0 bridgehead atoms. The van der Waals surface area contributed by atoms with Gasteiger partial charge in [-0.1, -0.05) is 45.9 Å². The van der Waals surface area contributed by atoms with E-state index in [1.54, 1.807) is 0 Å². The van der Waals surface area contributed by atoms with Gasteiger partial charge in [-0.15, -0.1) is 0 Å². The lowest BCUT2D eigenvalue weighted by molar-refractivity contribution is 1.16. The molecule has 2 aromatic carbocycles. The molecule has 0 saturated carbocycles. The summed E-state index contributed by atoms with van der Waals surface area (Å²) in [6.45, 7) is 0. The molecule has 2 aromatic rings. The van der Waals surface area contributed by atoms with E-state index in [0.717, 1.165) is 35.7 Å². The second-order valence-electron chi connectivity index (χ2n) is 4.63. The van der Waals surface area contributed by atoms with Gasteiger partial charge in [-0.05, 0) is 48.2 Å². The maximum Gasteiger partial charge on any atom is 0.0314 e. The molecule has 2 rings (SSSR count). The third-order valence-electron chi connectivity index (χ3n) is 2.99. The Hall–Kier alpha value is -1.26. The van der Waals surface area contributed by atoms with Crippen LogP contribution in [0.25, 0.3) is 0 Å². The van der Waals surface area contributed by atoms with Crippen LogP contribution < -0.4 is 11.5 Å². The van der Waals surface area contributed by atoms with Gasteiger partial charge in [0, 0.05) is 22.9 Å². The molecular formula is C16H20N2S2. The number of nitrogen functional groups attached to an aromatic ring is 2. The number of hydrogen-bond donors (Lipinski definition) is 2. The van der Waals surface area contributed by atoms with E-state index >= 15 is 0 Å². The normalized spacial score (nSPS) is 10.6. The Morgan fingerprint density at radius 3 is 1.30 bits per heavy atom. The fourth-order valence-electron chi connectivity index (χ4n) is 1.81. The van der Waals surface area contributed by atoms with E-state index in [1.807, 2.05) is 45.9 Å². The zero-order chi connectivity index (χ0) is 14.2. The molecule has 106 valence electrons. The van der Waals surface area contributed by atoms with Crippen LogP contribution >= 0.6 is 21.6 Å². The summed E-state index contributed by atoms with van der Waals surface area (Å²) in [5.41, 5.74) is 15.7. The van der Waals surface area contributed by atoms with Gasteiger partial charge in [-0.25, -0.2) is 0 Å². The summed E-state index contributed by atoms with van der Waals surface area (Å²) >= 11 is 0. The van der Waals surface area contributed by atoms with Crippen molar-refractivity contribution >= 4 is 33.0 Å². The van der Waals surface area contributed by atoms with E-state index in [2.05, 4.69) is 24.3 Å². The quantitative estimate of drug-likeness (QED) is 0.461. The predicted octanol–water partition coefficient (Wildman–Crippen LogP) is 4.02. The molecule has 0 saturated heterocycles. The first-order valence-corrected chi connectivity index (χ1v) is 9.16. The average molecular weight is 304 g/mol. The van der Waals surface area contributed by atoms with Crippen LogP contribution in [-0.4, -0.2) is 11.5 Å². The minimum atomic E-state index is 0.833. The van der Waals surface area contributed by atoms with E-state index in [1.165, 1.54) is 11.1 Å². The summed E-state index contributed by atoms with van der Waals surface area (Å²) in [4.78, 5) is 0. The molecule has 4 heteroatoms. The third kappa shape index (κ3) is 5.39. The van der Waals surface area contributed by atoms with Crippen molar-refractivity contribution in [3.05, 3.63) is 59.7 Å². The van der Waals surface area contributed by atoms with Gasteiger partial charge in [0.1, 0.15) is 0 Å². The Morgan fingerprint density at radius 2 is 0.950 bits per heavy atom. The highest BCUT2D eigenvalue weighted by atomic mass is 33.1. The van der Waals surface area contributed by atoms with Crippen LogP contribution in [-0.2, 0) is 12.8 Å². The molecule has 0 atom stereocenters. The molecule has 20 heavy (non-hydrogen) atoms. The summed E-state index contributed by atoms with van der Waals surface area (Å²) < 4.78 is 0. The van der Waals surface area contributed by atoms with E-state index in [-0.39, 0.29) is 0 Å². The van der Waals surface area contributed by atoms with Crippen LogP contribution in [0.5, 0.6) is 0 Å². The van der Waals surface area contributed by atoms with Gasteiger partial charge >= 0.3 is 0 Å². The maximum absolute atomic E-state index is 5.67. The zero-order valence-electron chi connectivity index (χ0n) is 11.4. The van der Waals surface area contributed by atoms with Gasteiger partial charge in [0.05, 0.1) is 0 Å². The van der Waals surface area contributed by atoms with E-state index in [0.29, 0.717) is 0 Å². The van der Waals surface area contributed by atoms with Crippen LogP contribution in [0, 0.1) is 0 Å². The number of rotatable bonds is 7. The number of hydrogen-bond acceptors (Lipinski definition) is 4. The highest BCUT2D eigenvalue weighted by Crippen LogP contribution is 2.23. The lowest BCUT2D eigenvalue weighted by Crippen LogP contribution is -1.91. The van der Waals surface area contributed by atoms with Gasteiger partial charge in [-0.3, -0.25) is 0 Å². The first-order chi connectivity index (χ1) is 9.74. The third-order valence-corrected chi connectivity index (χ3v) is 5.40. The standard InChI is InChI=1S/C16H20N2S2/c17-15-5-1-13(2-6-15)9-11-19-20-12-10-14-3-7-16(18)8-4-14/h1-8H,9-12,17-18H2. The van der Waals surface area contributed by atoms with Gasteiger partial charge in [0.15, 0.2) is 0 Å². The first kappa shape index (κ1) is 15.1. The van der Waals surface area contributed by atoms with Gasteiger partial charge in [0.2, 0.25) is 0 Å². The number of nitrogens with two attached hydrogens (primary N) is 2. The molecular weight excluding hydrogens is 284 g/mol. The van der Waals surface area contributed by atoms with E-state index in [9.17, 15) is 0 Å². The summed E-state index contributed by atoms with van der Waals surface area (Å²) in [7, 11) is 3.87. The molecule has 0 amide bonds. The second-order valence-corrected chi connectivity index (χ2v) is 7.33. The van der Waals surface area contributed by atoms with Crippen molar-refractivity contribution in [2.75, 3.05) is 23.0 Å². The van der Waals surface area contributed by atoms with Crippen molar-refractivity contribution in [1.82, 2.24) is 0 Å². The maximum atomic E-state index is 5.67. The van der Waals surface area contributed by atoms with Crippen LogP contribution in [0.4, 0.5) is 11.4 Å². The van der Waals surface area contributed by atoms with Crippen molar-refractivity contribution in [2.24, 2.45) is 0 Å². The number of aryl methyl sites for hydroxylation is 2. The fourth-order valence-corrected chi connectivity index (χ4v) is 3.89. The molecule has 4 N–H and O–H groups in total. The highest BCUT2D eigenvalue weighted by molar-refractivity contribution is 8.76. The molecule has 0 spiro atoms. The van der Waals surface area contributed by atoms with Crippen molar-refractivity contribution in [2.45, 2.75) is 12.8 Å². The van der Waals surface area contributed by atoms with Crippen molar-refractivity contribution in [1.29, 1.82) is 0 Å². The fraction of sp³-hybridized carbons (Fsp3) is 0.250. The van der Waals surface area contributed by atoms with Gasteiger partial charge in [-0.2, -0.15) is 0 Å². The van der Waals surface area contributed by atoms with E-state index in [4.69, 9.17) is 11.5 Å². The van der Waals surface area contributed by atoms with Crippen LogP contribution in [0.2, 0.25) is 0 Å². The SMILES string of the molecule is Nc1ccc(CCSSCCc2ccc(N)cc2)cc1. The Labute approximate surface area is 128 Å². The van der Waals surface area contributed by atoms with Crippen LogP contribution in [0.3, 0.4) is 0 Å². The minimum Gasteiger partial charge on any atom is -0.399 e. The lowest BCUT2D eigenvalue weighted by Gasteiger charge is -2.03. The molecule has 0 aromatic heterocycles. The monoisotopic (exact) mass is 304 g/mol. The predicted molar refractivity (Wildman–Crippen MR) is 94.0 cm³/mol. The van der Waals surface area contributed by atoms with E-state index < -0.39 is 0 Å². The highest BCUT2D eigenvalue weighted by Gasteiger charge is 1.96. The van der Waals surface area contributed by atoms with Crippen molar-refractivity contribution in [3.8, 4) is 0 Å². The molecule has 0 aliphatic heterocycles. The summed E-state index contributed by atoms with van der Waals surface area (Å²) in [5, 5.41) is 0. The Bertz CT molecular complexity index is 460. The Balaban J connectivity index is 1.57. The van der Waals surface area contributed by atoms with Crippen LogP contribution in [0.1, 0.15) is 11.1 Å². The molecule has 0 aliphatic rings. The first-order valence-electron chi connectivity index (χ1n) is 6.67. The van der Waals surface area contributed by atoms with Crippen molar-refractivity contribution in [3.63, 3.8) is 0 Å². The topological polar surface area (TPSA) is 52.0 Å². The largest absolute Gasteiger partial charge is 0.399 e. The smallest absolute Gasteiger partial charge is 0.0314 e. The minimum absolute atomic E-state index is 0.833. The van der Waals surface area contributed by atoms with Gasteiger partial charge in [0.25, 0.3) is 0 Å². The summed E-state index contributed by atoms with van der Waals surface area (Å²) in [6.07, 6.45) is 2.19. The molecule has 0 fully saturated rings. The lowest BCUT2D eigenvalue weighted by atomic mass is 10.2. The van der Waals surface area contributed by atoms with Gasteiger partial charge < -0.3 is 11.5 Å². The molecule has 0 aliphatic carbocycles. The van der Waals surface area contributed by atoms with Crippen molar-refractivity contribution < 1.29 is 0 Å². The zero-order valence-corrected chi connectivity index (χ0v) is 13.1. The Kier molecular flexibility index (Phi) is 6.15. The van der Waals surface area contributed by atoms with Crippen LogP contribution in [0.15, 0.2) is 48.5 Å². The number of benzene rings is 2. The molecule has 0 radical (unpaired) electrons. The average Bonchev–Trinajstić information content (AvgIpc) is 2.46. The molecule has 0 heterocycles. The molecule has 0 unspecified atom stereocenters. The molecule has 2 nitrogen and oxygen atoms in total. The Morgan fingerprint density at radius 1 is 0.600 bits per heavy atom. The second kappa shape index (κ2) is 8.12. The summed E-state index contributed by atoms with van der Waals surface area (Å²) in [6, 6.07) is 16.3. The number of anilines is 2.